The number of halogens is 2. The van der Waals surface area contributed by atoms with Crippen LogP contribution in [0.3, 0.4) is 0 Å². The van der Waals surface area contributed by atoms with Gasteiger partial charge in [0.1, 0.15) is 5.82 Å². The lowest BCUT2D eigenvalue weighted by Crippen LogP contribution is -2.40. The molecular formula is C20H27FIN3O2. The third-order valence-electron chi connectivity index (χ3n) is 4.20. The number of methoxy groups -OCH3 is 2. The second-order valence-corrected chi connectivity index (χ2v) is 6.64. The summed E-state index contributed by atoms with van der Waals surface area (Å²) in [5.41, 5.74) is 7.54. The van der Waals surface area contributed by atoms with Gasteiger partial charge in [-0.05, 0) is 35.4 Å². The Labute approximate surface area is 177 Å². The first-order valence-corrected chi connectivity index (χ1v) is 8.36. The molecule has 0 aliphatic heterocycles. The van der Waals surface area contributed by atoms with Crippen LogP contribution in [-0.4, -0.2) is 26.7 Å². The van der Waals surface area contributed by atoms with E-state index in [-0.39, 0.29) is 35.2 Å². The van der Waals surface area contributed by atoms with Crippen molar-refractivity contribution in [3.63, 3.8) is 0 Å². The van der Waals surface area contributed by atoms with Gasteiger partial charge in [-0.3, -0.25) is 0 Å². The van der Waals surface area contributed by atoms with Crippen molar-refractivity contribution in [2.75, 3.05) is 20.8 Å². The molecule has 0 aliphatic rings. The van der Waals surface area contributed by atoms with Crippen LogP contribution in [0.5, 0.6) is 11.5 Å². The summed E-state index contributed by atoms with van der Waals surface area (Å²) < 4.78 is 23.9. The van der Waals surface area contributed by atoms with Crippen LogP contribution in [0.1, 0.15) is 25.0 Å². The van der Waals surface area contributed by atoms with Gasteiger partial charge in [-0.15, -0.1) is 24.0 Å². The highest BCUT2D eigenvalue weighted by atomic mass is 127. The first kappa shape index (κ1) is 23.0. The molecule has 2 rings (SSSR count). The SMILES string of the molecule is COc1ccc(CN=C(N)NCC(C)(C)c2cccc(F)c2)cc1OC.I. The molecule has 3 N–H and O–H groups in total. The third kappa shape index (κ3) is 6.57. The summed E-state index contributed by atoms with van der Waals surface area (Å²) in [4.78, 5) is 4.35. The summed E-state index contributed by atoms with van der Waals surface area (Å²) in [7, 11) is 3.19. The van der Waals surface area contributed by atoms with Crippen molar-refractivity contribution in [1.82, 2.24) is 5.32 Å². The Hall–Kier alpha value is -2.03. The molecule has 0 aliphatic carbocycles. The number of aliphatic imine (C=N–C) groups is 1. The number of hydrogen-bond donors (Lipinski definition) is 2. The molecule has 2 aromatic carbocycles. The van der Waals surface area contributed by atoms with Gasteiger partial charge in [0.25, 0.3) is 0 Å². The summed E-state index contributed by atoms with van der Waals surface area (Å²) in [5.74, 6) is 1.41. The van der Waals surface area contributed by atoms with E-state index in [1.54, 1.807) is 26.4 Å². The number of guanidine groups is 1. The number of nitrogens with one attached hydrogen (secondary N) is 1. The molecular weight excluding hydrogens is 460 g/mol. The maximum absolute atomic E-state index is 13.4. The number of nitrogens with two attached hydrogens (primary N) is 1. The van der Waals surface area contributed by atoms with Crippen LogP contribution in [0.4, 0.5) is 4.39 Å². The van der Waals surface area contributed by atoms with Crippen LogP contribution in [-0.2, 0) is 12.0 Å². The summed E-state index contributed by atoms with van der Waals surface area (Å²) in [5, 5.41) is 3.11. The monoisotopic (exact) mass is 487 g/mol. The van der Waals surface area contributed by atoms with Crippen molar-refractivity contribution in [3.8, 4) is 11.5 Å². The fraction of sp³-hybridized carbons (Fsp3) is 0.350. The molecule has 0 radical (unpaired) electrons. The minimum absolute atomic E-state index is 0. The van der Waals surface area contributed by atoms with Gasteiger partial charge in [0.2, 0.25) is 0 Å². The first-order chi connectivity index (χ1) is 12.4. The molecule has 0 unspecified atom stereocenters. The smallest absolute Gasteiger partial charge is 0.188 e. The maximum Gasteiger partial charge on any atom is 0.188 e. The van der Waals surface area contributed by atoms with Crippen LogP contribution in [0.25, 0.3) is 0 Å². The molecule has 148 valence electrons. The van der Waals surface area contributed by atoms with E-state index < -0.39 is 0 Å². The zero-order valence-electron chi connectivity index (χ0n) is 16.1. The summed E-state index contributed by atoms with van der Waals surface area (Å²) in [6, 6.07) is 12.2. The van der Waals surface area contributed by atoms with Gasteiger partial charge in [0, 0.05) is 12.0 Å². The van der Waals surface area contributed by atoms with E-state index in [0.717, 1.165) is 11.1 Å². The summed E-state index contributed by atoms with van der Waals surface area (Å²) in [6.45, 7) is 5.00. The first-order valence-electron chi connectivity index (χ1n) is 8.36. The number of hydrogen-bond acceptors (Lipinski definition) is 3. The molecule has 0 amide bonds. The van der Waals surface area contributed by atoms with Crippen molar-refractivity contribution in [2.45, 2.75) is 25.8 Å². The van der Waals surface area contributed by atoms with Crippen molar-refractivity contribution in [1.29, 1.82) is 0 Å². The lowest BCUT2D eigenvalue weighted by Gasteiger charge is -2.26. The molecule has 27 heavy (non-hydrogen) atoms. The van der Waals surface area contributed by atoms with Gasteiger partial charge in [-0.25, -0.2) is 9.38 Å². The molecule has 0 aromatic heterocycles. The van der Waals surface area contributed by atoms with Crippen LogP contribution in [0.2, 0.25) is 0 Å². The Morgan fingerprint density at radius 3 is 2.44 bits per heavy atom. The highest BCUT2D eigenvalue weighted by Crippen LogP contribution is 2.27. The summed E-state index contributed by atoms with van der Waals surface area (Å²) in [6.07, 6.45) is 0. The molecule has 5 nitrogen and oxygen atoms in total. The third-order valence-corrected chi connectivity index (χ3v) is 4.20. The van der Waals surface area contributed by atoms with E-state index in [4.69, 9.17) is 15.2 Å². The molecule has 0 fully saturated rings. The highest BCUT2D eigenvalue weighted by Gasteiger charge is 2.21. The van der Waals surface area contributed by atoms with Crippen LogP contribution >= 0.6 is 24.0 Å². The Balaban J connectivity index is 0.00000364. The minimum Gasteiger partial charge on any atom is -0.493 e. The summed E-state index contributed by atoms with van der Waals surface area (Å²) >= 11 is 0. The van der Waals surface area contributed by atoms with Crippen molar-refractivity contribution in [3.05, 3.63) is 59.4 Å². The lowest BCUT2D eigenvalue weighted by molar-refractivity contribution is 0.354. The lowest BCUT2D eigenvalue weighted by atomic mass is 9.84. The number of ether oxygens (including phenoxy) is 2. The van der Waals surface area contributed by atoms with E-state index in [1.165, 1.54) is 6.07 Å². The predicted octanol–water partition coefficient (Wildman–Crippen LogP) is 3.84. The second-order valence-electron chi connectivity index (χ2n) is 6.64. The van der Waals surface area contributed by atoms with Crippen LogP contribution in [0, 0.1) is 5.82 Å². The zero-order chi connectivity index (χ0) is 19.2. The average molecular weight is 487 g/mol. The van der Waals surface area contributed by atoms with Gasteiger partial charge in [0.15, 0.2) is 17.5 Å². The number of rotatable bonds is 7. The molecule has 0 bridgehead atoms. The van der Waals surface area contributed by atoms with E-state index in [0.29, 0.717) is 30.5 Å². The van der Waals surface area contributed by atoms with Gasteiger partial charge in [-0.1, -0.05) is 32.0 Å². The largest absolute Gasteiger partial charge is 0.493 e. The number of benzene rings is 2. The Morgan fingerprint density at radius 2 is 1.81 bits per heavy atom. The van der Waals surface area contributed by atoms with Gasteiger partial charge in [0.05, 0.1) is 20.8 Å². The highest BCUT2D eigenvalue weighted by molar-refractivity contribution is 14.0. The molecule has 0 spiro atoms. The second kappa shape index (κ2) is 10.3. The van der Waals surface area contributed by atoms with E-state index in [9.17, 15) is 4.39 Å². The fourth-order valence-electron chi connectivity index (χ4n) is 2.53. The van der Waals surface area contributed by atoms with Crippen LogP contribution < -0.4 is 20.5 Å². The van der Waals surface area contributed by atoms with Gasteiger partial charge < -0.3 is 20.5 Å². The quantitative estimate of drug-likeness (QED) is 0.354. The van der Waals surface area contributed by atoms with Gasteiger partial charge in [-0.2, -0.15) is 0 Å². The average Bonchev–Trinajstić information content (AvgIpc) is 2.64. The van der Waals surface area contributed by atoms with E-state index in [2.05, 4.69) is 10.3 Å². The minimum atomic E-state index is -0.286. The molecule has 0 atom stereocenters. The Morgan fingerprint density at radius 1 is 1.11 bits per heavy atom. The van der Waals surface area contributed by atoms with Crippen molar-refractivity contribution in [2.24, 2.45) is 10.7 Å². The molecule has 0 heterocycles. The topological polar surface area (TPSA) is 68.9 Å². The molecule has 7 heteroatoms. The molecule has 2 aromatic rings. The predicted molar refractivity (Wildman–Crippen MR) is 118 cm³/mol. The van der Waals surface area contributed by atoms with Crippen molar-refractivity contribution >= 4 is 29.9 Å². The molecule has 0 saturated carbocycles. The van der Waals surface area contributed by atoms with E-state index in [1.807, 2.05) is 38.1 Å². The Kier molecular flexibility index (Phi) is 8.81. The zero-order valence-corrected chi connectivity index (χ0v) is 18.4. The van der Waals surface area contributed by atoms with E-state index >= 15 is 0 Å². The van der Waals surface area contributed by atoms with Crippen LogP contribution in [0.15, 0.2) is 47.5 Å². The maximum atomic E-state index is 13.4. The number of nitrogens with zero attached hydrogens (tertiary/aromatic N) is 1. The standard InChI is InChI=1S/C20H26FN3O2.HI/c1-20(2,15-6-5-7-16(21)11-15)13-24-19(22)23-12-14-8-9-17(25-3)18(10-14)26-4;/h5-11H,12-13H2,1-4H3,(H3,22,23,24);1H. The Bertz CT molecular complexity index is 782. The fourth-order valence-corrected chi connectivity index (χ4v) is 2.53. The normalized spacial score (nSPS) is 11.5. The van der Waals surface area contributed by atoms with Gasteiger partial charge >= 0.3 is 0 Å². The van der Waals surface area contributed by atoms with Crippen molar-refractivity contribution < 1.29 is 13.9 Å². The molecule has 0 saturated heterocycles.